The molecule has 46 heavy (non-hydrogen) atoms. The van der Waals surface area contributed by atoms with Gasteiger partial charge in [0.1, 0.15) is 14.9 Å². The van der Waals surface area contributed by atoms with Crippen LogP contribution in [0, 0.1) is 0 Å². The van der Waals surface area contributed by atoms with E-state index >= 15 is 0 Å². The molecular formula is C33H41N7O4S2. The van der Waals surface area contributed by atoms with Crippen LogP contribution in [0.15, 0.2) is 51.7 Å². The van der Waals surface area contributed by atoms with Crippen molar-refractivity contribution < 1.29 is 13.7 Å². The first-order valence-electron chi connectivity index (χ1n) is 16.0. The maximum atomic E-state index is 14.2. The first kappa shape index (κ1) is 31.4. The summed E-state index contributed by atoms with van der Waals surface area (Å²) >= 11 is 1.29. The number of likely N-dealkylation sites (tertiary alicyclic amines) is 1. The van der Waals surface area contributed by atoms with Gasteiger partial charge in [0.15, 0.2) is 0 Å². The van der Waals surface area contributed by atoms with Gasteiger partial charge < -0.3 is 19.7 Å². The van der Waals surface area contributed by atoms with E-state index in [2.05, 4.69) is 62.3 Å². The SMILES string of the molecule is C=S(=O)(c1cnc(-c2cc3cnc(Nc4ccc(C5CCN(C)C5)cc4)nc3n(CCN3CCOCC3)c2=O)s1)C1CCOCC1. The van der Waals surface area contributed by atoms with Gasteiger partial charge in [0.25, 0.3) is 5.56 Å². The average Bonchev–Trinajstić information content (AvgIpc) is 3.76. The number of rotatable bonds is 9. The quantitative estimate of drug-likeness (QED) is 0.266. The minimum Gasteiger partial charge on any atom is -0.381 e. The van der Waals surface area contributed by atoms with E-state index in [1.54, 1.807) is 17.0 Å². The maximum absolute atomic E-state index is 14.2. The number of morpholine rings is 1. The molecule has 3 saturated heterocycles. The van der Waals surface area contributed by atoms with Gasteiger partial charge in [0.2, 0.25) is 5.95 Å². The van der Waals surface area contributed by atoms with Gasteiger partial charge in [-0.1, -0.05) is 12.1 Å². The zero-order valence-electron chi connectivity index (χ0n) is 26.2. The zero-order valence-corrected chi connectivity index (χ0v) is 27.9. The smallest absolute Gasteiger partial charge is 0.262 e. The lowest BCUT2D eigenvalue weighted by Gasteiger charge is -2.27. The van der Waals surface area contributed by atoms with Crippen LogP contribution in [0.5, 0.6) is 0 Å². The molecule has 6 heterocycles. The van der Waals surface area contributed by atoms with Crippen LogP contribution in [-0.2, 0) is 25.5 Å². The molecule has 4 aromatic rings. The molecule has 13 heteroatoms. The predicted molar refractivity (Wildman–Crippen MR) is 184 cm³/mol. The molecule has 0 saturated carbocycles. The Labute approximate surface area is 273 Å². The molecule has 1 N–H and O–H groups in total. The minimum atomic E-state index is -2.57. The standard InChI is InChI=1S/C33H41N7O4S2/c1-38-10-7-24(22-38)23-3-5-26(6-4-23)36-33-35-20-25-19-28(31-34-21-29(45-31)46(2,42)27-8-15-43-16-9-27)32(41)40(30(25)37-33)12-11-39-13-17-44-18-14-39/h3-6,19-21,24,27H,2,7-18,22H2,1H3,(H,35,36,37). The molecule has 0 amide bonds. The van der Waals surface area contributed by atoms with Crippen molar-refractivity contribution in [2.24, 2.45) is 0 Å². The number of thiazole rings is 1. The van der Waals surface area contributed by atoms with E-state index in [1.807, 2.05) is 6.07 Å². The Balaban J connectivity index is 1.20. The number of ether oxygens (including phenoxy) is 2. The average molecular weight is 664 g/mol. The Morgan fingerprint density at radius 1 is 1.00 bits per heavy atom. The molecule has 0 aliphatic carbocycles. The van der Waals surface area contributed by atoms with Crippen molar-refractivity contribution in [1.82, 2.24) is 29.3 Å². The third kappa shape index (κ3) is 6.62. The number of nitrogens with one attached hydrogen (secondary N) is 1. The lowest BCUT2D eigenvalue weighted by Crippen LogP contribution is -2.39. The van der Waals surface area contributed by atoms with Crippen molar-refractivity contribution in [3.63, 3.8) is 0 Å². The molecule has 3 aromatic heterocycles. The highest BCUT2D eigenvalue weighted by Gasteiger charge is 2.27. The Hall–Kier alpha value is -3.20. The molecule has 3 aliphatic heterocycles. The van der Waals surface area contributed by atoms with Crippen molar-refractivity contribution in [1.29, 1.82) is 0 Å². The normalized spacial score (nSPS) is 21.5. The van der Waals surface area contributed by atoms with Crippen molar-refractivity contribution in [2.75, 3.05) is 71.5 Å². The van der Waals surface area contributed by atoms with Crippen LogP contribution in [0.2, 0.25) is 0 Å². The van der Waals surface area contributed by atoms with Crippen LogP contribution in [0.25, 0.3) is 21.6 Å². The Kier molecular flexibility index (Phi) is 9.21. The van der Waals surface area contributed by atoms with Crippen LogP contribution >= 0.6 is 11.3 Å². The highest BCUT2D eigenvalue weighted by molar-refractivity contribution is 8.02. The molecule has 0 bridgehead atoms. The summed E-state index contributed by atoms with van der Waals surface area (Å²) in [5.74, 6) is 5.11. The number of likely N-dealkylation sites (N-methyl/N-ethyl adjacent to an activating group) is 1. The molecule has 11 nitrogen and oxygen atoms in total. The second-order valence-corrected chi connectivity index (χ2v) is 16.3. The topological polar surface area (TPSA) is 115 Å². The van der Waals surface area contributed by atoms with Gasteiger partial charge in [0, 0.05) is 78.0 Å². The van der Waals surface area contributed by atoms with Gasteiger partial charge in [-0.2, -0.15) is 4.98 Å². The van der Waals surface area contributed by atoms with E-state index in [9.17, 15) is 9.00 Å². The van der Waals surface area contributed by atoms with Gasteiger partial charge >= 0.3 is 0 Å². The monoisotopic (exact) mass is 663 g/mol. The number of anilines is 2. The summed E-state index contributed by atoms with van der Waals surface area (Å²) in [6, 6.07) is 10.3. The zero-order chi connectivity index (χ0) is 31.7. The van der Waals surface area contributed by atoms with E-state index in [-0.39, 0.29) is 10.8 Å². The molecule has 1 aromatic carbocycles. The van der Waals surface area contributed by atoms with E-state index in [4.69, 9.17) is 14.5 Å². The number of pyridine rings is 1. The Bertz CT molecular complexity index is 1850. The number of hydrogen-bond acceptors (Lipinski definition) is 11. The number of nitrogens with zero attached hydrogens (tertiary/aromatic N) is 6. The molecule has 0 spiro atoms. The number of benzene rings is 1. The molecule has 0 radical (unpaired) electrons. The Morgan fingerprint density at radius 2 is 1.76 bits per heavy atom. The highest BCUT2D eigenvalue weighted by Crippen LogP contribution is 2.33. The molecule has 2 atom stereocenters. The van der Waals surface area contributed by atoms with Gasteiger partial charge in [-0.25, -0.2) is 9.97 Å². The van der Waals surface area contributed by atoms with Gasteiger partial charge in [-0.05, 0) is 68.4 Å². The summed E-state index contributed by atoms with van der Waals surface area (Å²) in [6.45, 7) is 7.52. The second-order valence-electron chi connectivity index (χ2n) is 12.5. The van der Waals surface area contributed by atoms with Crippen molar-refractivity contribution >= 4 is 49.4 Å². The highest BCUT2D eigenvalue weighted by atomic mass is 32.2. The van der Waals surface area contributed by atoms with E-state index in [0.29, 0.717) is 84.7 Å². The van der Waals surface area contributed by atoms with Crippen LogP contribution in [0.4, 0.5) is 11.6 Å². The number of aromatic nitrogens is 4. The van der Waals surface area contributed by atoms with Gasteiger partial charge in [0.05, 0.1) is 25.0 Å². The van der Waals surface area contributed by atoms with Crippen LogP contribution < -0.4 is 10.9 Å². The lowest BCUT2D eigenvalue weighted by molar-refractivity contribution is 0.0364. The number of fused-ring (bicyclic) bond motifs is 1. The largest absolute Gasteiger partial charge is 0.381 e. The fourth-order valence-corrected chi connectivity index (χ4v) is 9.97. The Morgan fingerprint density at radius 3 is 2.50 bits per heavy atom. The van der Waals surface area contributed by atoms with E-state index in [1.165, 1.54) is 23.3 Å². The summed E-state index contributed by atoms with van der Waals surface area (Å²) < 4.78 is 27.1. The summed E-state index contributed by atoms with van der Waals surface area (Å²) in [4.78, 5) is 32.9. The fraction of sp³-hybridized carbons (Fsp3) is 0.485. The van der Waals surface area contributed by atoms with E-state index < -0.39 is 9.52 Å². The summed E-state index contributed by atoms with van der Waals surface area (Å²) in [5, 5.41) is 4.54. The van der Waals surface area contributed by atoms with Crippen molar-refractivity contribution in [3.8, 4) is 10.6 Å². The fourth-order valence-electron chi connectivity index (χ4n) is 6.59. The maximum Gasteiger partial charge on any atom is 0.262 e. The lowest BCUT2D eigenvalue weighted by atomic mass is 9.98. The van der Waals surface area contributed by atoms with Crippen LogP contribution in [-0.4, -0.2) is 111 Å². The van der Waals surface area contributed by atoms with Crippen LogP contribution in [0.1, 0.15) is 30.7 Å². The molecular weight excluding hydrogens is 623 g/mol. The van der Waals surface area contributed by atoms with Gasteiger partial charge in [-0.3, -0.25) is 18.5 Å². The molecule has 7 rings (SSSR count). The predicted octanol–water partition coefficient (Wildman–Crippen LogP) is 3.66. The molecule has 244 valence electrons. The summed E-state index contributed by atoms with van der Waals surface area (Å²) in [5.41, 5.74) is 3.06. The molecule has 3 fully saturated rings. The minimum absolute atomic E-state index is 0.0590. The third-order valence-electron chi connectivity index (χ3n) is 9.36. The van der Waals surface area contributed by atoms with Crippen molar-refractivity contribution in [3.05, 3.63) is 58.6 Å². The van der Waals surface area contributed by atoms with Crippen molar-refractivity contribution in [2.45, 2.75) is 41.2 Å². The van der Waals surface area contributed by atoms with Gasteiger partial charge in [-0.15, -0.1) is 11.3 Å². The first-order chi connectivity index (χ1) is 22.3. The summed E-state index contributed by atoms with van der Waals surface area (Å²) in [7, 11) is -0.405. The third-order valence-corrected chi connectivity index (χ3v) is 13.6. The molecule has 2 unspecified atom stereocenters. The van der Waals surface area contributed by atoms with Crippen LogP contribution in [0.3, 0.4) is 0 Å². The number of hydrogen-bond donors (Lipinski definition) is 1. The van der Waals surface area contributed by atoms with E-state index in [0.717, 1.165) is 37.3 Å². The second kappa shape index (κ2) is 13.5. The molecule has 3 aliphatic rings. The summed E-state index contributed by atoms with van der Waals surface area (Å²) in [6.07, 6.45) is 5.97. The first-order valence-corrected chi connectivity index (χ1v) is 18.6.